The van der Waals surface area contributed by atoms with Crippen molar-refractivity contribution in [1.82, 2.24) is 10.2 Å². The van der Waals surface area contributed by atoms with Gasteiger partial charge in [0.15, 0.2) is 11.9 Å². The van der Waals surface area contributed by atoms with Crippen LogP contribution in [0.2, 0.25) is 0 Å². The molecule has 130 valence electrons. The van der Waals surface area contributed by atoms with E-state index in [2.05, 4.69) is 15.2 Å². The number of likely N-dealkylation sites (tertiary alicyclic amines) is 1. The van der Waals surface area contributed by atoms with Crippen LogP contribution in [0.15, 0.2) is 4.99 Å². The van der Waals surface area contributed by atoms with Crippen molar-refractivity contribution in [1.29, 1.82) is 5.41 Å². The van der Waals surface area contributed by atoms with E-state index in [0.29, 0.717) is 18.0 Å². The zero-order chi connectivity index (χ0) is 14.2. The lowest BCUT2D eigenvalue weighted by molar-refractivity contribution is 0.422. The summed E-state index contributed by atoms with van der Waals surface area (Å²) in [5.74, 6) is 0.841. The molecule has 0 aromatic carbocycles. The van der Waals surface area contributed by atoms with E-state index in [-0.39, 0.29) is 24.8 Å². The summed E-state index contributed by atoms with van der Waals surface area (Å²) in [4.78, 5) is 6.66. The van der Waals surface area contributed by atoms with Crippen molar-refractivity contribution in [3.05, 3.63) is 0 Å². The molecule has 0 aromatic rings. The molecule has 1 saturated carbocycles. The summed E-state index contributed by atoms with van der Waals surface area (Å²) >= 11 is 0. The highest BCUT2D eigenvalue weighted by atomic mass is 35.5. The van der Waals surface area contributed by atoms with Crippen molar-refractivity contribution in [2.24, 2.45) is 10.7 Å². The summed E-state index contributed by atoms with van der Waals surface area (Å²) in [6, 6.07) is 0.349. The Morgan fingerprint density at radius 1 is 0.909 bits per heavy atom. The largest absolute Gasteiger partial charge is 0.370 e. The van der Waals surface area contributed by atoms with Gasteiger partial charge in [-0.2, -0.15) is 0 Å². The molecule has 1 heterocycles. The molecular formula is C15H31Cl2N5. The molecule has 0 unspecified atom stereocenters. The summed E-state index contributed by atoms with van der Waals surface area (Å²) in [6.07, 6.45) is 12.3. The van der Waals surface area contributed by atoms with Crippen LogP contribution in [0.5, 0.6) is 0 Å². The quantitative estimate of drug-likeness (QED) is 0.385. The summed E-state index contributed by atoms with van der Waals surface area (Å²) in [6.45, 7) is 1.92. The molecule has 2 rings (SSSR count). The average molecular weight is 352 g/mol. The van der Waals surface area contributed by atoms with E-state index < -0.39 is 0 Å². The van der Waals surface area contributed by atoms with Gasteiger partial charge in [0.05, 0.1) is 6.04 Å². The van der Waals surface area contributed by atoms with Gasteiger partial charge in [-0.15, -0.1) is 24.8 Å². The van der Waals surface area contributed by atoms with Crippen LogP contribution in [0.4, 0.5) is 0 Å². The van der Waals surface area contributed by atoms with Crippen LogP contribution in [0.25, 0.3) is 0 Å². The minimum absolute atomic E-state index is 0. The van der Waals surface area contributed by atoms with Crippen molar-refractivity contribution in [3.8, 4) is 0 Å². The maximum absolute atomic E-state index is 8.13. The molecule has 0 atom stereocenters. The maximum Gasteiger partial charge on any atom is 0.197 e. The molecule has 2 aliphatic rings. The van der Waals surface area contributed by atoms with Crippen LogP contribution in [-0.2, 0) is 0 Å². The van der Waals surface area contributed by atoms with Gasteiger partial charge in [0.2, 0.25) is 0 Å². The van der Waals surface area contributed by atoms with E-state index in [9.17, 15) is 0 Å². The van der Waals surface area contributed by atoms with E-state index in [1.54, 1.807) is 0 Å². The monoisotopic (exact) mass is 351 g/mol. The van der Waals surface area contributed by atoms with Gasteiger partial charge in [-0.1, -0.05) is 38.5 Å². The molecular weight excluding hydrogens is 321 g/mol. The lowest BCUT2D eigenvalue weighted by Crippen LogP contribution is -2.47. The van der Waals surface area contributed by atoms with Crippen molar-refractivity contribution in [2.45, 2.75) is 70.3 Å². The lowest BCUT2D eigenvalue weighted by Gasteiger charge is -2.23. The number of rotatable bonds is 1. The first-order chi connectivity index (χ1) is 9.75. The van der Waals surface area contributed by atoms with Gasteiger partial charge < -0.3 is 10.6 Å². The number of nitrogens with one attached hydrogen (secondary N) is 2. The summed E-state index contributed by atoms with van der Waals surface area (Å²) in [7, 11) is 0. The molecule has 2 fully saturated rings. The maximum atomic E-state index is 8.13. The Kier molecular flexibility index (Phi) is 11.5. The fourth-order valence-electron chi connectivity index (χ4n) is 3.11. The van der Waals surface area contributed by atoms with Crippen molar-refractivity contribution >= 4 is 36.7 Å². The molecule has 0 spiro atoms. The number of hydrogen-bond donors (Lipinski definition) is 3. The molecule has 1 aliphatic heterocycles. The SMILES string of the molecule is Cl.Cl.N=C(NC(N)=NC1CCCCCC1)N1CCCCCC1. The highest BCUT2D eigenvalue weighted by Crippen LogP contribution is 2.19. The number of nitrogens with two attached hydrogens (primary N) is 1. The first-order valence-corrected chi connectivity index (χ1v) is 8.19. The third-order valence-electron chi connectivity index (χ3n) is 4.32. The fourth-order valence-corrected chi connectivity index (χ4v) is 3.11. The number of aliphatic imine (C=N–C) groups is 1. The van der Waals surface area contributed by atoms with Crippen LogP contribution >= 0.6 is 24.8 Å². The molecule has 0 aromatic heterocycles. The van der Waals surface area contributed by atoms with Crippen LogP contribution in [0.1, 0.15) is 64.2 Å². The highest BCUT2D eigenvalue weighted by molar-refractivity contribution is 5.96. The van der Waals surface area contributed by atoms with Crippen LogP contribution in [0, 0.1) is 5.41 Å². The highest BCUT2D eigenvalue weighted by Gasteiger charge is 2.15. The molecule has 0 radical (unpaired) electrons. The van der Waals surface area contributed by atoms with Gasteiger partial charge in [-0.25, -0.2) is 4.99 Å². The van der Waals surface area contributed by atoms with Crippen LogP contribution in [-0.4, -0.2) is 36.0 Å². The van der Waals surface area contributed by atoms with Gasteiger partial charge in [0, 0.05) is 13.1 Å². The van der Waals surface area contributed by atoms with Crippen molar-refractivity contribution in [2.75, 3.05) is 13.1 Å². The molecule has 0 bridgehead atoms. The normalized spacial score (nSPS) is 20.9. The van der Waals surface area contributed by atoms with Crippen molar-refractivity contribution in [3.63, 3.8) is 0 Å². The molecule has 5 nitrogen and oxygen atoms in total. The number of hydrogen-bond acceptors (Lipinski definition) is 2. The average Bonchev–Trinajstić information content (AvgIpc) is 2.82. The molecule has 1 saturated heterocycles. The van der Waals surface area contributed by atoms with Gasteiger partial charge in [-0.05, 0) is 25.7 Å². The smallest absolute Gasteiger partial charge is 0.197 e. The first-order valence-electron chi connectivity index (χ1n) is 8.19. The fraction of sp³-hybridized carbons (Fsp3) is 0.867. The van der Waals surface area contributed by atoms with Crippen LogP contribution in [0.3, 0.4) is 0 Å². The van der Waals surface area contributed by atoms with Gasteiger partial charge in [-0.3, -0.25) is 10.7 Å². The van der Waals surface area contributed by atoms with E-state index >= 15 is 0 Å². The molecule has 1 aliphatic carbocycles. The standard InChI is InChI=1S/C15H29N5.2ClH/c16-14(18-13-9-5-1-2-6-10-13)19-15(17)20-11-7-3-4-8-12-20;;/h13H,1-12H2,(H4,16,17,18,19);2*1H. The van der Waals surface area contributed by atoms with E-state index in [4.69, 9.17) is 11.1 Å². The number of guanidine groups is 2. The Labute approximate surface area is 146 Å². The lowest BCUT2D eigenvalue weighted by atomic mass is 10.1. The van der Waals surface area contributed by atoms with Gasteiger partial charge in [0.1, 0.15) is 0 Å². The predicted octanol–water partition coefficient (Wildman–Crippen LogP) is 3.27. The minimum Gasteiger partial charge on any atom is -0.370 e. The second-order valence-electron chi connectivity index (χ2n) is 6.03. The zero-order valence-corrected chi connectivity index (χ0v) is 15.0. The Morgan fingerprint density at radius 2 is 1.41 bits per heavy atom. The summed E-state index contributed by atoms with van der Waals surface area (Å²) in [5, 5.41) is 11.1. The van der Waals surface area contributed by atoms with Crippen molar-refractivity contribution < 1.29 is 0 Å². The molecule has 22 heavy (non-hydrogen) atoms. The Bertz CT molecular complexity index is 333. The molecule has 0 amide bonds. The van der Waals surface area contributed by atoms with Gasteiger partial charge >= 0.3 is 0 Å². The predicted molar refractivity (Wildman–Crippen MR) is 98.5 cm³/mol. The molecule has 7 heteroatoms. The van der Waals surface area contributed by atoms with Crippen LogP contribution < -0.4 is 11.1 Å². The number of halogens is 2. The molecule has 4 N–H and O–H groups in total. The summed E-state index contributed by atoms with van der Waals surface area (Å²) in [5.41, 5.74) is 5.97. The second-order valence-corrected chi connectivity index (χ2v) is 6.03. The first kappa shape index (κ1) is 21.3. The van der Waals surface area contributed by atoms with E-state index in [0.717, 1.165) is 25.9 Å². The summed E-state index contributed by atoms with van der Waals surface area (Å²) < 4.78 is 0. The van der Waals surface area contributed by atoms with E-state index in [1.807, 2.05) is 0 Å². The number of nitrogens with zero attached hydrogens (tertiary/aromatic N) is 2. The second kappa shape index (κ2) is 11.8. The third kappa shape index (κ3) is 7.54. The van der Waals surface area contributed by atoms with Gasteiger partial charge in [0.25, 0.3) is 0 Å². The topological polar surface area (TPSA) is 77.5 Å². The Hall–Kier alpha value is -0.680. The third-order valence-corrected chi connectivity index (χ3v) is 4.32. The Morgan fingerprint density at radius 3 is 1.95 bits per heavy atom. The zero-order valence-electron chi connectivity index (χ0n) is 13.4. The Balaban J connectivity index is 0.00000220. The minimum atomic E-state index is 0. The van der Waals surface area contributed by atoms with E-state index in [1.165, 1.54) is 51.4 Å².